The molecule has 1 aliphatic heterocycles. The summed E-state index contributed by atoms with van der Waals surface area (Å²) < 4.78 is 18.8. The predicted molar refractivity (Wildman–Crippen MR) is 77.4 cm³/mol. The van der Waals surface area contributed by atoms with E-state index in [0.717, 1.165) is 32.5 Å². The Morgan fingerprint density at radius 3 is 2.80 bits per heavy atom. The van der Waals surface area contributed by atoms with E-state index in [1.54, 1.807) is 12.1 Å². The van der Waals surface area contributed by atoms with Gasteiger partial charge < -0.3 is 14.7 Å². The largest absolute Gasteiger partial charge is 0.494 e. The minimum absolute atomic E-state index is 0.221. The Hall–Kier alpha value is -1.13. The third-order valence-electron chi connectivity index (χ3n) is 4.14. The lowest BCUT2D eigenvalue weighted by molar-refractivity contribution is 0.0209. The number of ether oxygens (including phenoxy) is 1. The van der Waals surface area contributed by atoms with Gasteiger partial charge in [-0.15, -0.1) is 0 Å². The molecule has 1 saturated heterocycles. The van der Waals surface area contributed by atoms with E-state index in [4.69, 9.17) is 4.74 Å². The Morgan fingerprint density at radius 1 is 1.35 bits per heavy atom. The summed E-state index contributed by atoms with van der Waals surface area (Å²) >= 11 is 0. The second-order valence-electron chi connectivity index (χ2n) is 5.58. The first-order valence-electron chi connectivity index (χ1n) is 7.38. The zero-order valence-electron chi connectivity index (χ0n) is 12.4. The van der Waals surface area contributed by atoms with Crippen molar-refractivity contribution in [2.45, 2.75) is 38.2 Å². The summed E-state index contributed by atoms with van der Waals surface area (Å²) in [6.07, 6.45) is 3.39. The molecule has 1 unspecified atom stereocenters. The zero-order chi connectivity index (χ0) is 14.6. The number of methoxy groups -OCH3 is 1. The number of likely N-dealkylation sites (tertiary alicyclic amines) is 1. The van der Waals surface area contributed by atoms with Crippen LogP contribution in [0.5, 0.6) is 5.75 Å². The van der Waals surface area contributed by atoms with Crippen molar-refractivity contribution in [2.75, 3.05) is 26.7 Å². The average molecular weight is 281 g/mol. The van der Waals surface area contributed by atoms with Crippen molar-refractivity contribution in [3.05, 3.63) is 29.6 Å². The molecule has 4 heteroatoms. The first kappa shape index (κ1) is 15.3. The summed E-state index contributed by atoms with van der Waals surface area (Å²) in [6.45, 7) is 5.09. The fraction of sp³-hybridized carbons (Fsp3) is 0.625. The van der Waals surface area contributed by atoms with Gasteiger partial charge in [0.15, 0.2) is 11.6 Å². The molecule has 0 aliphatic carbocycles. The predicted octanol–water partition coefficient (Wildman–Crippen LogP) is 2.92. The van der Waals surface area contributed by atoms with Crippen LogP contribution in [0.3, 0.4) is 0 Å². The molecule has 0 aromatic heterocycles. The normalized spacial score (nSPS) is 24.4. The number of hydrogen-bond acceptors (Lipinski definition) is 3. The summed E-state index contributed by atoms with van der Waals surface area (Å²) in [6, 6.07) is 4.78. The molecule has 0 saturated carbocycles. The van der Waals surface area contributed by atoms with Crippen molar-refractivity contribution in [3.63, 3.8) is 0 Å². The number of aliphatic hydroxyl groups is 1. The Labute approximate surface area is 120 Å². The van der Waals surface area contributed by atoms with Crippen molar-refractivity contribution in [2.24, 2.45) is 0 Å². The van der Waals surface area contributed by atoms with Crippen LogP contribution in [0, 0.1) is 5.82 Å². The van der Waals surface area contributed by atoms with E-state index < -0.39 is 11.4 Å². The Morgan fingerprint density at radius 2 is 2.15 bits per heavy atom. The third-order valence-corrected chi connectivity index (χ3v) is 4.14. The van der Waals surface area contributed by atoms with Gasteiger partial charge in [-0.1, -0.05) is 13.0 Å². The maximum absolute atomic E-state index is 13.8. The van der Waals surface area contributed by atoms with Gasteiger partial charge in [0, 0.05) is 6.54 Å². The molecule has 20 heavy (non-hydrogen) atoms. The average Bonchev–Trinajstić information content (AvgIpc) is 2.63. The van der Waals surface area contributed by atoms with Crippen molar-refractivity contribution in [1.82, 2.24) is 4.90 Å². The summed E-state index contributed by atoms with van der Waals surface area (Å²) in [5.41, 5.74) is -0.260. The van der Waals surface area contributed by atoms with E-state index in [-0.39, 0.29) is 5.75 Å². The van der Waals surface area contributed by atoms with Crippen LogP contribution in [0.4, 0.5) is 4.39 Å². The molecular weight excluding hydrogens is 257 g/mol. The van der Waals surface area contributed by atoms with Crippen molar-refractivity contribution in [3.8, 4) is 5.75 Å². The lowest BCUT2D eigenvalue weighted by Gasteiger charge is -2.27. The zero-order valence-corrected chi connectivity index (χ0v) is 12.4. The van der Waals surface area contributed by atoms with E-state index in [2.05, 4.69) is 11.8 Å². The second-order valence-corrected chi connectivity index (χ2v) is 5.58. The lowest BCUT2D eigenvalue weighted by Crippen LogP contribution is -2.29. The maximum atomic E-state index is 13.8. The third kappa shape index (κ3) is 3.30. The minimum atomic E-state index is -0.921. The monoisotopic (exact) mass is 281 g/mol. The minimum Gasteiger partial charge on any atom is -0.494 e. The molecular formula is C16H24FNO2. The topological polar surface area (TPSA) is 32.7 Å². The number of benzene rings is 1. The molecule has 0 radical (unpaired) electrons. The van der Waals surface area contributed by atoms with Gasteiger partial charge in [-0.3, -0.25) is 0 Å². The molecule has 1 N–H and O–H groups in total. The number of hydrogen-bond donors (Lipinski definition) is 1. The highest BCUT2D eigenvalue weighted by Crippen LogP contribution is 2.34. The summed E-state index contributed by atoms with van der Waals surface area (Å²) in [4.78, 5) is 2.37. The molecule has 1 heterocycles. The fourth-order valence-electron chi connectivity index (χ4n) is 2.96. The highest BCUT2D eigenvalue weighted by atomic mass is 19.1. The second kappa shape index (κ2) is 6.55. The Bertz CT molecular complexity index is 452. The van der Waals surface area contributed by atoms with Gasteiger partial charge in [0.05, 0.1) is 12.7 Å². The molecule has 112 valence electrons. The highest BCUT2D eigenvalue weighted by molar-refractivity contribution is 5.32. The molecule has 0 spiro atoms. The van der Waals surface area contributed by atoms with Gasteiger partial charge in [-0.25, -0.2) is 4.39 Å². The molecule has 2 rings (SSSR count). The summed E-state index contributed by atoms with van der Waals surface area (Å²) in [5, 5.41) is 10.9. The molecule has 1 aromatic rings. The molecule has 3 nitrogen and oxygen atoms in total. The van der Waals surface area contributed by atoms with E-state index in [1.165, 1.54) is 13.2 Å². The van der Waals surface area contributed by atoms with Gasteiger partial charge in [0.2, 0.25) is 0 Å². The van der Waals surface area contributed by atoms with Crippen LogP contribution >= 0.6 is 0 Å². The molecule has 1 aromatic carbocycles. The summed E-state index contributed by atoms with van der Waals surface area (Å²) in [5.74, 6) is -0.188. The number of rotatable bonds is 4. The van der Waals surface area contributed by atoms with Crippen LogP contribution in [0.15, 0.2) is 18.2 Å². The van der Waals surface area contributed by atoms with Crippen LogP contribution in [0.2, 0.25) is 0 Å². The maximum Gasteiger partial charge on any atom is 0.165 e. The van der Waals surface area contributed by atoms with Crippen LogP contribution < -0.4 is 4.74 Å². The standard InChI is InChI=1S/C16H24FNO2/c1-3-9-18-10-4-7-16(19,8-11-18)13-5-6-15(20-2)14(17)12-13/h5-6,12,19H,3-4,7-11H2,1-2H3. The van der Waals surface area contributed by atoms with Crippen molar-refractivity contribution >= 4 is 0 Å². The summed E-state index contributed by atoms with van der Waals surface area (Å²) in [7, 11) is 1.45. The van der Waals surface area contributed by atoms with E-state index in [1.807, 2.05) is 0 Å². The number of halogens is 1. The van der Waals surface area contributed by atoms with Crippen LogP contribution in [-0.4, -0.2) is 36.8 Å². The van der Waals surface area contributed by atoms with Crippen LogP contribution in [0.25, 0.3) is 0 Å². The highest BCUT2D eigenvalue weighted by Gasteiger charge is 2.32. The molecule has 1 aliphatic rings. The van der Waals surface area contributed by atoms with E-state index in [0.29, 0.717) is 18.4 Å². The van der Waals surface area contributed by atoms with Crippen molar-refractivity contribution in [1.29, 1.82) is 0 Å². The smallest absolute Gasteiger partial charge is 0.165 e. The molecule has 1 fully saturated rings. The van der Waals surface area contributed by atoms with E-state index in [9.17, 15) is 9.50 Å². The van der Waals surface area contributed by atoms with Crippen molar-refractivity contribution < 1.29 is 14.2 Å². The SMILES string of the molecule is CCCN1CCCC(O)(c2ccc(OC)c(F)c2)CC1. The fourth-order valence-corrected chi connectivity index (χ4v) is 2.96. The van der Waals surface area contributed by atoms with Gasteiger partial charge in [-0.2, -0.15) is 0 Å². The van der Waals surface area contributed by atoms with Gasteiger partial charge in [0.1, 0.15) is 0 Å². The number of nitrogens with zero attached hydrogens (tertiary/aromatic N) is 1. The Kier molecular flexibility index (Phi) is 5.00. The molecule has 0 bridgehead atoms. The Balaban J connectivity index is 2.15. The van der Waals surface area contributed by atoms with Gasteiger partial charge in [-0.05, 0) is 56.5 Å². The quantitative estimate of drug-likeness (QED) is 0.921. The van der Waals surface area contributed by atoms with Crippen LogP contribution in [0.1, 0.15) is 38.2 Å². The molecule has 0 amide bonds. The first-order chi connectivity index (χ1) is 9.59. The van der Waals surface area contributed by atoms with Gasteiger partial charge in [0.25, 0.3) is 0 Å². The van der Waals surface area contributed by atoms with Crippen LogP contribution in [-0.2, 0) is 5.60 Å². The van der Waals surface area contributed by atoms with E-state index >= 15 is 0 Å². The lowest BCUT2D eigenvalue weighted by atomic mass is 9.87. The molecule has 1 atom stereocenters. The van der Waals surface area contributed by atoms with Gasteiger partial charge >= 0.3 is 0 Å². The first-order valence-corrected chi connectivity index (χ1v) is 7.38.